The number of nitrogens with one attached hydrogen (secondary N) is 1. The van der Waals surface area contributed by atoms with Crippen LogP contribution in [-0.4, -0.2) is 25.3 Å². The normalized spacial score (nSPS) is 16.3. The van der Waals surface area contributed by atoms with Crippen molar-refractivity contribution < 1.29 is 14.3 Å². The predicted molar refractivity (Wildman–Crippen MR) is 110 cm³/mol. The van der Waals surface area contributed by atoms with Gasteiger partial charge in [0.1, 0.15) is 5.75 Å². The number of thiocarbonyl (C=S) groups is 1. The van der Waals surface area contributed by atoms with E-state index in [1.54, 1.807) is 36.3 Å². The molecular weight excluding hydrogens is 374 g/mol. The van der Waals surface area contributed by atoms with Gasteiger partial charge in [0.25, 0.3) is 0 Å². The maximum atomic E-state index is 12.6. The highest BCUT2D eigenvalue weighted by atomic mass is 32.1. The fraction of sp³-hybridized carbons (Fsp3) is 0.190. The molecule has 1 aliphatic heterocycles. The minimum Gasteiger partial charge on any atom is -0.497 e. The van der Waals surface area contributed by atoms with Gasteiger partial charge in [-0.15, -0.1) is 0 Å². The van der Waals surface area contributed by atoms with Crippen LogP contribution in [0.15, 0.2) is 59.8 Å². The van der Waals surface area contributed by atoms with E-state index in [0.29, 0.717) is 21.9 Å². The van der Waals surface area contributed by atoms with E-state index in [9.17, 15) is 4.79 Å². The molecule has 1 heterocycles. The molecule has 1 N–H and O–H groups in total. The third-order valence-electron chi connectivity index (χ3n) is 4.59. The van der Waals surface area contributed by atoms with Gasteiger partial charge in [0, 0.05) is 11.4 Å². The molecule has 2 aromatic carbocycles. The van der Waals surface area contributed by atoms with E-state index in [2.05, 4.69) is 11.4 Å². The maximum absolute atomic E-state index is 12.6. The second-order valence-corrected chi connectivity index (χ2v) is 6.53. The number of benzene rings is 2. The van der Waals surface area contributed by atoms with E-state index in [4.69, 9.17) is 27.0 Å². The molecule has 3 rings (SSSR count). The van der Waals surface area contributed by atoms with E-state index in [1.807, 2.05) is 31.2 Å². The summed E-state index contributed by atoms with van der Waals surface area (Å²) in [5, 5.41) is 12.7. The second kappa shape index (κ2) is 8.11. The zero-order chi connectivity index (χ0) is 20.3. The molecule has 0 bridgehead atoms. The molecule has 0 saturated carbocycles. The summed E-state index contributed by atoms with van der Waals surface area (Å²) in [4.78, 5) is 14.4. The first-order valence-electron chi connectivity index (χ1n) is 8.54. The van der Waals surface area contributed by atoms with E-state index < -0.39 is 12.0 Å². The Morgan fingerprint density at radius 3 is 2.32 bits per heavy atom. The number of hydrogen-bond acceptors (Lipinski definition) is 5. The summed E-state index contributed by atoms with van der Waals surface area (Å²) >= 11 is 5.59. The Morgan fingerprint density at radius 2 is 1.79 bits per heavy atom. The SMILES string of the molecule is COC(=O)C1=C(C)N(c2ccc(OC)cc2)C(=S)NC1c1ccc(C#N)cc1. The van der Waals surface area contributed by atoms with Crippen LogP contribution in [0.1, 0.15) is 24.1 Å². The average molecular weight is 393 g/mol. The molecule has 0 aromatic heterocycles. The maximum Gasteiger partial charge on any atom is 0.337 e. The Bertz CT molecular complexity index is 975. The molecule has 28 heavy (non-hydrogen) atoms. The Kier molecular flexibility index (Phi) is 5.62. The van der Waals surface area contributed by atoms with Crippen LogP contribution in [-0.2, 0) is 9.53 Å². The average Bonchev–Trinajstić information content (AvgIpc) is 2.73. The highest BCUT2D eigenvalue weighted by molar-refractivity contribution is 7.80. The van der Waals surface area contributed by atoms with E-state index >= 15 is 0 Å². The lowest BCUT2D eigenvalue weighted by Gasteiger charge is -2.37. The first-order valence-corrected chi connectivity index (χ1v) is 8.94. The van der Waals surface area contributed by atoms with Crippen molar-refractivity contribution in [2.45, 2.75) is 13.0 Å². The summed E-state index contributed by atoms with van der Waals surface area (Å²) in [6, 6.07) is 16.0. The lowest BCUT2D eigenvalue weighted by molar-refractivity contribution is -0.136. The number of anilines is 1. The summed E-state index contributed by atoms with van der Waals surface area (Å²) in [5.41, 5.74) is 3.29. The van der Waals surface area contributed by atoms with Crippen LogP contribution in [0.2, 0.25) is 0 Å². The summed E-state index contributed by atoms with van der Waals surface area (Å²) in [7, 11) is 2.95. The van der Waals surface area contributed by atoms with Crippen molar-refractivity contribution in [1.82, 2.24) is 5.32 Å². The van der Waals surface area contributed by atoms with Gasteiger partial charge in [-0.05, 0) is 61.1 Å². The third-order valence-corrected chi connectivity index (χ3v) is 4.89. The molecule has 1 unspecified atom stereocenters. The molecule has 0 aliphatic carbocycles. The highest BCUT2D eigenvalue weighted by Gasteiger charge is 2.35. The van der Waals surface area contributed by atoms with Crippen LogP contribution < -0.4 is 15.0 Å². The van der Waals surface area contributed by atoms with E-state index in [0.717, 1.165) is 17.0 Å². The quantitative estimate of drug-likeness (QED) is 0.630. The fourth-order valence-corrected chi connectivity index (χ4v) is 3.52. The van der Waals surface area contributed by atoms with Crippen molar-refractivity contribution in [1.29, 1.82) is 5.26 Å². The number of ether oxygens (including phenoxy) is 2. The first-order chi connectivity index (χ1) is 13.5. The first kappa shape index (κ1) is 19.4. The lowest BCUT2D eigenvalue weighted by atomic mass is 9.94. The number of nitriles is 1. The molecule has 0 spiro atoms. The van der Waals surface area contributed by atoms with Crippen LogP contribution in [0.25, 0.3) is 0 Å². The molecule has 6 nitrogen and oxygen atoms in total. The number of carbonyl (C=O) groups is 1. The molecule has 1 atom stereocenters. The van der Waals surface area contributed by atoms with Crippen molar-refractivity contribution in [3.63, 3.8) is 0 Å². The molecule has 1 aliphatic rings. The number of nitrogens with zero attached hydrogens (tertiary/aromatic N) is 2. The highest BCUT2D eigenvalue weighted by Crippen LogP contribution is 2.34. The number of carbonyl (C=O) groups excluding carboxylic acids is 1. The van der Waals surface area contributed by atoms with Crippen LogP contribution in [0.4, 0.5) is 5.69 Å². The number of esters is 1. The molecule has 142 valence electrons. The van der Waals surface area contributed by atoms with Gasteiger partial charge >= 0.3 is 5.97 Å². The summed E-state index contributed by atoms with van der Waals surface area (Å²) in [6.45, 7) is 1.83. The van der Waals surface area contributed by atoms with Crippen LogP contribution in [0.5, 0.6) is 5.75 Å². The number of allylic oxidation sites excluding steroid dienone is 1. The zero-order valence-corrected chi connectivity index (χ0v) is 16.5. The van der Waals surface area contributed by atoms with Crippen molar-refractivity contribution >= 4 is 29.0 Å². The summed E-state index contributed by atoms with van der Waals surface area (Å²) in [6.07, 6.45) is 0. The monoisotopic (exact) mass is 393 g/mol. The summed E-state index contributed by atoms with van der Waals surface area (Å²) < 4.78 is 10.2. The Morgan fingerprint density at radius 1 is 1.14 bits per heavy atom. The minimum atomic E-state index is -0.470. The van der Waals surface area contributed by atoms with Crippen molar-refractivity contribution in [3.8, 4) is 11.8 Å². The van der Waals surface area contributed by atoms with Crippen molar-refractivity contribution in [2.24, 2.45) is 0 Å². The fourth-order valence-electron chi connectivity index (χ4n) is 3.16. The lowest BCUT2D eigenvalue weighted by Crippen LogP contribution is -2.48. The standard InChI is InChI=1S/C21H19N3O3S/c1-13-18(20(25)27-3)19(15-6-4-14(12-22)5-7-15)23-21(28)24(13)16-8-10-17(26-2)11-9-16/h4-11,19H,1-3H3,(H,23,28). The van der Waals surface area contributed by atoms with Gasteiger partial charge in [0.05, 0.1) is 37.5 Å². The smallest absolute Gasteiger partial charge is 0.337 e. The van der Waals surface area contributed by atoms with Gasteiger partial charge in [-0.25, -0.2) is 4.79 Å². The predicted octanol–water partition coefficient (Wildman–Crippen LogP) is 3.45. The van der Waals surface area contributed by atoms with Gasteiger partial charge in [-0.3, -0.25) is 4.90 Å². The molecular formula is C21H19N3O3S. The minimum absolute atomic E-state index is 0.444. The van der Waals surface area contributed by atoms with Gasteiger partial charge in [-0.1, -0.05) is 12.1 Å². The molecule has 0 saturated heterocycles. The molecule has 0 amide bonds. The molecule has 0 fully saturated rings. The number of methoxy groups -OCH3 is 2. The second-order valence-electron chi connectivity index (χ2n) is 6.14. The van der Waals surface area contributed by atoms with E-state index in [1.165, 1.54) is 7.11 Å². The van der Waals surface area contributed by atoms with Crippen LogP contribution in [0.3, 0.4) is 0 Å². The zero-order valence-electron chi connectivity index (χ0n) is 15.7. The Hall–Kier alpha value is -3.37. The number of hydrogen-bond donors (Lipinski definition) is 1. The van der Waals surface area contributed by atoms with Gasteiger partial charge in [-0.2, -0.15) is 5.26 Å². The third kappa shape index (κ3) is 3.55. The van der Waals surface area contributed by atoms with Gasteiger partial charge in [0.15, 0.2) is 5.11 Å². The molecule has 2 aromatic rings. The van der Waals surface area contributed by atoms with E-state index in [-0.39, 0.29) is 0 Å². The molecule has 0 radical (unpaired) electrons. The molecule has 7 heteroatoms. The van der Waals surface area contributed by atoms with Crippen molar-refractivity contribution in [2.75, 3.05) is 19.1 Å². The topological polar surface area (TPSA) is 74.6 Å². The number of rotatable bonds is 4. The summed E-state index contributed by atoms with van der Waals surface area (Å²) in [5.74, 6) is 0.283. The van der Waals surface area contributed by atoms with Gasteiger partial charge < -0.3 is 14.8 Å². The Labute approximate surface area is 169 Å². The Balaban J connectivity index is 2.08. The van der Waals surface area contributed by atoms with Gasteiger partial charge in [0.2, 0.25) is 0 Å². The van der Waals surface area contributed by atoms with Crippen LogP contribution >= 0.6 is 12.2 Å². The largest absolute Gasteiger partial charge is 0.497 e. The van der Waals surface area contributed by atoms with Crippen LogP contribution in [0, 0.1) is 11.3 Å². The van der Waals surface area contributed by atoms with Crippen molar-refractivity contribution in [3.05, 3.63) is 70.9 Å².